The van der Waals surface area contributed by atoms with Crippen LogP contribution in [0.1, 0.15) is 5.56 Å². The molecule has 0 radical (unpaired) electrons. The molecular formula is C10H4Cl3F3O2. The van der Waals surface area contributed by atoms with Crippen LogP contribution in [0.15, 0.2) is 30.3 Å². The SMILES string of the molecule is O=C(Oc1ccc(C(F)=C(F)F)cc1)C(Cl)(Cl)Cl. The van der Waals surface area contributed by atoms with Crippen molar-refractivity contribution in [2.75, 3.05) is 0 Å². The molecule has 0 spiro atoms. The lowest BCUT2D eigenvalue weighted by atomic mass is 10.2. The van der Waals surface area contributed by atoms with Gasteiger partial charge in [-0.1, -0.05) is 34.8 Å². The first-order valence-electron chi connectivity index (χ1n) is 4.32. The highest BCUT2D eigenvalue weighted by Gasteiger charge is 2.33. The number of carbonyl (C=O) groups excluding carboxylic acids is 1. The number of rotatable bonds is 2. The number of halogens is 6. The first-order valence-corrected chi connectivity index (χ1v) is 5.45. The van der Waals surface area contributed by atoms with Gasteiger partial charge in [-0.25, -0.2) is 9.18 Å². The van der Waals surface area contributed by atoms with Crippen molar-refractivity contribution >= 4 is 46.6 Å². The monoisotopic (exact) mass is 318 g/mol. The molecule has 0 aliphatic heterocycles. The largest absolute Gasteiger partial charge is 0.423 e. The van der Waals surface area contributed by atoms with Gasteiger partial charge in [0, 0.05) is 5.56 Å². The highest BCUT2D eigenvalue weighted by atomic mass is 35.6. The number of ether oxygens (including phenoxy) is 1. The van der Waals surface area contributed by atoms with Crippen LogP contribution in [0.25, 0.3) is 5.83 Å². The molecule has 0 fully saturated rings. The van der Waals surface area contributed by atoms with Gasteiger partial charge in [0.15, 0.2) is 5.83 Å². The minimum absolute atomic E-state index is 0.0675. The normalized spacial score (nSPS) is 11.0. The smallest absolute Gasteiger partial charge is 0.363 e. The molecule has 1 aromatic carbocycles. The zero-order valence-corrected chi connectivity index (χ0v) is 10.7. The van der Waals surface area contributed by atoms with Crippen LogP contribution in [0, 0.1) is 0 Å². The maximum Gasteiger partial charge on any atom is 0.363 e. The van der Waals surface area contributed by atoms with Gasteiger partial charge < -0.3 is 4.74 Å². The topological polar surface area (TPSA) is 26.3 Å². The molecule has 0 aliphatic carbocycles. The molecule has 0 aromatic heterocycles. The molecule has 0 saturated heterocycles. The van der Waals surface area contributed by atoms with E-state index in [1.165, 1.54) is 0 Å². The lowest BCUT2D eigenvalue weighted by Crippen LogP contribution is -2.24. The third-order valence-electron chi connectivity index (χ3n) is 1.72. The van der Waals surface area contributed by atoms with Crippen molar-refractivity contribution in [3.8, 4) is 5.75 Å². The van der Waals surface area contributed by atoms with E-state index in [1.54, 1.807) is 0 Å². The van der Waals surface area contributed by atoms with Gasteiger partial charge in [-0.3, -0.25) is 0 Å². The molecule has 0 atom stereocenters. The average Bonchev–Trinajstić information content (AvgIpc) is 2.27. The number of esters is 1. The van der Waals surface area contributed by atoms with Crippen LogP contribution in [0.5, 0.6) is 5.75 Å². The van der Waals surface area contributed by atoms with E-state index in [1.807, 2.05) is 0 Å². The van der Waals surface area contributed by atoms with E-state index in [0.29, 0.717) is 0 Å². The van der Waals surface area contributed by atoms with Gasteiger partial charge in [-0.05, 0) is 24.3 Å². The first-order chi connectivity index (χ1) is 8.21. The van der Waals surface area contributed by atoms with Crippen LogP contribution in [-0.4, -0.2) is 9.76 Å². The first kappa shape index (κ1) is 15.1. The summed E-state index contributed by atoms with van der Waals surface area (Å²) in [7, 11) is 0. The van der Waals surface area contributed by atoms with Crippen LogP contribution in [0.4, 0.5) is 13.2 Å². The molecule has 8 heteroatoms. The molecule has 98 valence electrons. The molecular weight excluding hydrogens is 315 g/mol. The van der Waals surface area contributed by atoms with Crippen molar-refractivity contribution in [3.63, 3.8) is 0 Å². The fourth-order valence-electron chi connectivity index (χ4n) is 0.943. The molecule has 0 amide bonds. The van der Waals surface area contributed by atoms with E-state index in [0.717, 1.165) is 24.3 Å². The molecule has 0 bridgehead atoms. The van der Waals surface area contributed by atoms with Crippen molar-refractivity contribution in [2.45, 2.75) is 3.79 Å². The molecule has 0 unspecified atom stereocenters. The lowest BCUT2D eigenvalue weighted by Gasteiger charge is -2.10. The summed E-state index contributed by atoms with van der Waals surface area (Å²) < 4.78 is 39.1. The Kier molecular flexibility index (Phi) is 4.90. The summed E-state index contributed by atoms with van der Waals surface area (Å²) in [5.74, 6) is -2.88. The van der Waals surface area contributed by atoms with Crippen molar-refractivity contribution in [1.29, 1.82) is 0 Å². The third kappa shape index (κ3) is 4.08. The molecule has 1 rings (SSSR count). The zero-order valence-electron chi connectivity index (χ0n) is 8.39. The standard InChI is InChI=1S/C10H4Cl3F3O2/c11-10(12,13)9(17)18-6-3-1-5(2-4-6)7(14)8(15)16/h1-4H. The van der Waals surface area contributed by atoms with Crippen molar-refractivity contribution in [3.05, 3.63) is 35.9 Å². The fraction of sp³-hybridized carbons (Fsp3) is 0.100. The Balaban J connectivity index is 2.85. The van der Waals surface area contributed by atoms with Crippen LogP contribution >= 0.6 is 34.8 Å². The summed E-state index contributed by atoms with van der Waals surface area (Å²) in [6, 6.07) is 4.17. The average molecular weight is 319 g/mol. The second-order valence-electron chi connectivity index (χ2n) is 2.99. The van der Waals surface area contributed by atoms with Gasteiger partial charge >= 0.3 is 12.0 Å². The Hall–Kier alpha value is -0.910. The van der Waals surface area contributed by atoms with Crippen molar-refractivity contribution in [1.82, 2.24) is 0 Å². The van der Waals surface area contributed by atoms with Crippen LogP contribution in [-0.2, 0) is 4.79 Å². The summed E-state index contributed by atoms with van der Waals surface area (Å²) in [6.45, 7) is 0. The molecule has 0 saturated carbocycles. The summed E-state index contributed by atoms with van der Waals surface area (Å²) in [5, 5.41) is 0. The Bertz CT molecular complexity index is 476. The number of carbonyl (C=O) groups is 1. The maximum absolute atomic E-state index is 12.8. The van der Waals surface area contributed by atoms with Gasteiger partial charge in [0.1, 0.15) is 5.75 Å². The molecule has 0 N–H and O–H groups in total. The number of hydrogen-bond donors (Lipinski definition) is 0. The van der Waals surface area contributed by atoms with Gasteiger partial charge in [-0.2, -0.15) is 8.78 Å². The number of alkyl halides is 3. The minimum atomic E-state index is -2.44. The molecule has 0 aliphatic rings. The van der Waals surface area contributed by atoms with E-state index < -0.39 is 21.7 Å². The van der Waals surface area contributed by atoms with E-state index in [4.69, 9.17) is 34.8 Å². The zero-order chi connectivity index (χ0) is 13.9. The Labute approximate surface area is 115 Å². The van der Waals surface area contributed by atoms with Crippen LogP contribution in [0.3, 0.4) is 0 Å². The highest BCUT2D eigenvalue weighted by molar-refractivity contribution is 6.75. The number of hydrogen-bond acceptors (Lipinski definition) is 2. The maximum atomic E-state index is 12.8. The van der Waals surface area contributed by atoms with Crippen LogP contribution in [0.2, 0.25) is 0 Å². The molecule has 18 heavy (non-hydrogen) atoms. The molecule has 1 aromatic rings. The van der Waals surface area contributed by atoms with E-state index in [-0.39, 0.29) is 11.3 Å². The highest BCUT2D eigenvalue weighted by Crippen LogP contribution is 2.29. The summed E-state index contributed by atoms with van der Waals surface area (Å²) in [6.07, 6.45) is -2.44. The van der Waals surface area contributed by atoms with Crippen molar-refractivity contribution in [2.24, 2.45) is 0 Å². The van der Waals surface area contributed by atoms with Gasteiger partial charge in [0.25, 0.3) is 3.79 Å². The summed E-state index contributed by atoms with van der Waals surface area (Å²) in [4.78, 5) is 11.1. The third-order valence-corrected chi connectivity index (χ3v) is 2.18. The van der Waals surface area contributed by atoms with Gasteiger partial charge in [0.2, 0.25) is 0 Å². The minimum Gasteiger partial charge on any atom is -0.423 e. The predicted molar refractivity (Wildman–Crippen MR) is 62.6 cm³/mol. The van der Waals surface area contributed by atoms with E-state index in [2.05, 4.69) is 4.74 Å². The number of benzene rings is 1. The van der Waals surface area contributed by atoms with E-state index in [9.17, 15) is 18.0 Å². The fourth-order valence-corrected chi connectivity index (χ4v) is 1.06. The van der Waals surface area contributed by atoms with Gasteiger partial charge in [-0.15, -0.1) is 0 Å². The van der Waals surface area contributed by atoms with Crippen molar-refractivity contribution < 1.29 is 22.7 Å². The van der Waals surface area contributed by atoms with E-state index >= 15 is 0 Å². The van der Waals surface area contributed by atoms with Crippen LogP contribution < -0.4 is 4.74 Å². The Morgan fingerprint density at radius 1 is 1.06 bits per heavy atom. The van der Waals surface area contributed by atoms with Gasteiger partial charge in [0.05, 0.1) is 0 Å². The summed E-state index contributed by atoms with van der Waals surface area (Å²) in [5.41, 5.74) is -0.358. The summed E-state index contributed by atoms with van der Waals surface area (Å²) >= 11 is 15.7. The Morgan fingerprint density at radius 3 is 1.94 bits per heavy atom. The predicted octanol–water partition coefficient (Wildman–Crippen LogP) is 4.50. The second-order valence-corrected chi connectivity index (χ2v) is 5.27. The molecule has 0 heterocycles. The molecule has 2 nitrogen and oxygen atoms in total. The second kappa shape index (κ2) is 5.82. The quantitative estimate of drug-likeness (QED) is 0.456. The Morgan fingerprint density at radius 2 is 1.56 bits per heavy atom. The lowest BCUT2D eigenvalue weighted by molar-refractivity contribution is -0.133.